The number of nitrogens with one attached hydrogen (secondary N) is 1. The van der Waals surface area contributed by atoms with Gasteiger partial charge in [-0.25, -0.2) is 18.5 Å². The maximum Gasteiger partial charge on any atom is 0.490 e. The smallest absolute Gasteiger partial charge is 0.390 e. The van der Waals surface area contributed by atoms with Gasteiger partial charge in [0, 0.05) is 24.2 Å². The number of nitro benzene ring substituents is 1. The summed E-state index contributed by atoms with van der Waals surface area (Å²) in [5.41, 5.74) is 3.71. The molecule has 1 fully saturated rings. The largest absolute Gasteiger partial charge is 0.490 e. The highest BCUT2D eigenvalue weighted by Gasteiger charge is 2.43. The fourth-order valence-corrected chi connectivity index (χ4v) is 7.37. The third-order valence-electron chi connectivity index (χ3n) is 6.27. The van der Waals surface area contributed by atoms with Crippen LogP contribution in [0.15, 0.2) is 34.0 Å². The van der Waals surface area contributed by atoms with Crippen LogP contribution in [0, 0.1) is 27.9 Å². The summed E-state index contributed by atoms with van der Waals surface area (Å²) in [6.45, 7) is 2.10. The third kappa shape index (κ3) is 11.1. The Bertz CT molecular complexity index is 1790. The second-order valence-electron chi connectivity index (χ2n) is 10.2. The number of aliphatic hydroxyl groups excluding tert-OH is 1. The van der Waals surface area contributed by atoms with E-state index in [1.165, 1.54) is 12.1 Å². The third-order valence-corrected chi connectivity index (χ3v) is 10.1. The summed E-state index contributed by atoms with van der Waals surface area (Å²) in [4.78, 5) is 74.7. The Balaban J connectivity index is 1.76. The fraction of sp³-hybridized carbons (Fsp3) is 0.478. The van der Waals surface area contributed by atoms with Gasteiger partial charge in [-0.05, 0) is 18.1 Å². The van der Waals surface area contributed by atoms with E-state index in [0.717, 1.165) is 10.8 Å². The van der Waals surface area contributed by atoms with Crippen molar-refractivity contribution in [2.45, 2.75) is 51.4 Å². The molecule has 1 aliphatic heterocycles. The molecule has 6 atom stereocenters. The molecular formula is C23H31N4O17P3. The van der Waals surface area contributed by atoms with Gasteiger partial charge < -0.3 is 39.9 Å². The molecule has 0 spiro atoms. The second kappa shape index (κ2) is 15.6. The summed E-state index contributed by atoms with van der Waals surface area (Å²) in [6.07, 6.45) is -4.35. The lowest BCUT2D eigenvalue weighted by Gasteiger charge is -2.22. The predicted molar refractivity (Wildman–Crippen MR) is 157 cm³/mol. The van der Waals surface area contributed by atoms with Crippen LogP contribution < -0.4 is 17.0 Å². The molecule has 0 amide bonds. The molecule has 0 saturated carbocycles. The predicted octanol–water partition coefficient (Wildman–Crippen LogP) is 0.661. The summed E-state index contributed by atoms with van der Waals surface area (Å²) in [5.74, 6) is 5.00. The van der Waals surface area contributed by atoms with E-state index in [1.807, 2.05) is 0 Å². The summed E-state index contributed by atoms with van der Waals surface area (Å²) >= 11 is 0. The summed E-state index contributed by atoms with van der Waals surface area (Å²) < 4.78 is 58.3. The van der Waals surface area contributed by atoms with Crippen LogP contribution in [0.3, 0.4) is 0 Å². The minimum Gasteiger partial charge on any atom is -0.390 e. The minimum absolute atomic E-state index is 0.0531. The van der Waals surface area contributed by atoms with E-state index in [4.69, 9.17) is 25.0 Å². The van der Waals surface area contributed by atoms with Crippen LogP contribution in [-0.4, -0.2) is 64.5 Å². The maximum atomic E-state index is 12.6. The number of hydrogen-bond acceptors (Lipinski definition) is 14. The van der Waals surface area contributed by atoms with Gasteiger partial charge in [-0.15, -0.1) is 0 Å². The first-order valence-electron chi connectivity index (χ1n) is 13.3. The van der Waals surface area contributed by atoms with Gasteiger partial charge in [-0.3, -0.25) is 29.0 Å². The molecule has 8 N–H and O–H groups in total. The lowest BCUT2D eigenvalue weighted by Crippen LogP contribution is -2.34. The lowest BCUT2D eigenvalue weighted by atomic mass is 9.96. The maximum absolute atomic E-state index is 12.6. The van der Waals surface area contributed by atoms with Gasteiger partial charge in [-0.1, -0.05) is 25.7 Å². The van der Waals surface area contributed by atoms with Gasteiger partial charge in [0.15, 0.2) is 0 Å². The van der Waals surface area contributed by atoms with E-state index < -0.39 is 77.4 Å². The molecule has 21 nitrogen and oxygen atoms in total. The quantitative estimate of drug-likeness (QED) is 0.0608. The van der Waals surface area contributed by atoms with Crippen molar-refractivity contribution in [3.05, 3.63) is 72.0 Å². The summed E-state index contributed by atoms with van der Waals surface area (Å²) in [7, 11) is -16.9. The molecule has 47 heavy (non-hydrogen) atoms. The van der Waals surface area contributed by atoms with Crippen molar-refractivity contribution >= 4 is 29.2 Å². The van der Waals surface area contributed by atoms with E-state index in [2.05, 4.69) is 30.0 Å². The molecule has 24 heteroatoms. The highest BCUT2D eigenvalue weighted by molar-refractivity contribution is 7.66. The van der Waals surface area contributed by atoms with Crippen LogP contribution in [0.5, 0.6) is 0 Å². The number of nitrogens with two attached hydrogens (primary N) is 1. The van der Waals surface area contributed by atoms with Crippen LogP contribution in [0.4, 0.5) is 5.69 Å². The summed E-state index contributed by atoms with van der Waals surface area (Å²) in [5, 5.41) is 22.2. The van der Waals surface area contributed by atoms with E-state index in [0.29, 0.717) is 5.56 Å². The van der Waals surface area contributed by atoms with Crippen LogP contribution in [-0.2, 0) is 42.9 Å². The number of aromatic amines is 1. The van der Waals surface area contributed by atoms with Gasteiger partial charge in [0.25, 0.3) is 11.2 Å². The molecule has 3 rings (SSSR count). The first-order chi connectivity index (χ1) is 21.7. The van der Waals surface area contributed by atoms with Crippen molar-refractivity contribution in [3.8, 4) is 11.8 Å². The Morgan fingerprint density at radius 3 is 2.45 bits per heavy atom. The van der Waals surface area contributed by atoms with E-state index in [9.17, 15) is 48.3 Å². The number of ether oxygens (including phenoxy) is 2. The number of aliphatic hydroxyl groups is 1. The number of nitrogens with zero attached hydrogens (tertiary/aromatic N) is 2. The van der Waals surface area contributed by atoms with Crippen LogP contribution in [0.1, 0.15) is 49.3 Å². The van der Waals surface area contributed by atoms with Gasteiger partial charge in [0.2, 0.25) is 0 Å². The standard InChI is InChI=1S/C23H31N4O17P3/c1-13(2)21(16-6-5-14(4-3-7-24)8-17(16)27(31)32)40-11-15-10-26(23(30)25-22(15)29)20-9-18(28)19(42-20)12-41-46(36,37)44-47(38,39)43-45(33,34)35/h5-6,8,10,13,18-21,28H,7,9,11-12,24H2,1-2H3,(H,36,37)(H,38,39)(H,25,29,30)(H2,33,34,35)/t18-,19-,20-,21+/m1/s1. The normalized spacial score (nSPS) is 21.4. The van der Waals surface area contributed by atoms with Crippen LogP contribution in [0.2, 0.25) is 0 Å². The number of rotatable bonds is 14. The zero-order valence-electron chi connectivity index (χ0n) is 24.5. The Hall–Kier alpha value is -2.89. The number of aromatic nitrogens is 2. The Morgan fingerprint density at radius 1 is 1.17 bits per heavy atom. The monoisotopic (exact) mass is 728 g/mol. The Morgan fingerprint density at radius 2 is 1.85 bits per heavy atom. The van der Waals surface area contributed by atoms with Crippen molar-refractivity contribution in [3.63, 3.8) is 0 Å². The highest BCUT2D eigenvalue weighted by atomic mass is 31.3. The summed E-state index contributed by atoms with van der Waals surface area (Å²) in [6, 6.07) is 4.30. The first kappa shape index (κ1) is 38.6. The number of nitro groups is 1. The van der Waals surface area contributed by atoms with Gasteiger partial charge in [-0.2, -0.15) is 8.62 Å². The Labute approximate surface area is 264 Å². The molecule has 0 bridgehead atoms. The van der Waals surface area contributed by atoms with Gasteiger partial charge in [0.05, 0.1) is 48.0 Å². The number of hydrogen-bond donors (Lipinski definition) is 7. The van der Waals surface area contributed by atoms with Gasteiger partial charge >= 0.3 is 29.2 Å². The molecular weight excluding hydrogens is 697 g/mol. The second-order valence-corrected chi connectivity index (χ2v) is 14.6. The Kier molecular flexibility index (Phi) is 12.8. The molecule has 1 aromatic carbocycles. The van der Waals surface area contributed by atoms with Crippen molar-refractivity contribution in [1.82, 2.24) is 9.55 Å². The molecule has 1 aliphatic rings. The molecule has 0 radical (unpaired) electrons. The average molecular weight is 728 g/mol. The molecule has 2 unspecified atom stereocenters. The number of H-pyrrole nitrogens is 1. The first-order valence-corrected chi connectivity index (χ1v) is 17.8. The molecule has 1 saturated heterocycles. The molecule has 2 aromatic rings. The number of benzene rings is 1. The van der Waals surface area contributed by atoms with Crippen molar-refractivity contribution in [2.24, 2.45) is 11.7 Å². The number of phosphoric acid groups is 3. The fourth-order valence-electron chi connectivity index (χ4n) is 4.34. The SMILES string of the molecule is CC(C)[C@H](OCc1cn([C@H]2C[C@@H](O)[C@@H](COP(=O)(O)OP(=O)(O)OP(=O)(O)O)O2)c(=O)[nH]c1=O)c1ccc(C#CCN)cc1[N+](=O)[O-]. The van der Waals surface area contributed by atoms with Gasteiger partial charge in [0.1, 0.15) is 12.3 Å². The van der Waals surface area contributed by atoms with E-state index in [1.54, 1.807) is 19.9 Å². The van der Waals surface area contributed by atoms with Crippen molar-refractivity contribution < 1.29 is 65.9 Å². The minimum atomic E-state index is -5.78. The highest BCUT2D eigenvalue weighted by Crippen LogP contribution is 2.66. The van der Waals surface area contributed by atoms with Crippen LogP contribution in [0.25, 0.3) is 0 Å². The van der Waals surface area contributed by atoms with E-state index in [-0.39, 0.29) is 35.7 Å². The molecule has 2 heterocycles. The average Bonchev–Trinajstić information content (AvgIpc) is 3.29. The van der Waals surface area contributed by atoms with Crippen molar-refractivity contribution in [1.29, 1.82) is 0 Å². The molecule has 260 valence electrons. The topological polar surface area (TPSA) is 323 Å². The zero-order valence-corrected chi connectivity index (χ0v) is 27.2. The van der Waals surface area contributed by atoms with E-state index >= 15 is 0 Å². The molecule has 0 aliphatic carbocycles. The number of phosphoric ester groups is 1. The zero-order chi connectivity index (χ0) is 35.3. The van der Waals surface area contributed by atoms with Crippen molar-refractivity contribution in [2.75, 3.05) is 13.2 Å². The molecule has 1 aromatic heterocycles. The van der Waals surface area contributed by atoms with Crippen LogP contribution >= 0.6 is 23.5 Å². The lowest BCUT2D eigenvalue weighted by molar-refractivity contribution is -0.386.